The summed E-state index contributed by atoms with van der Waals surface area (Å²) < 4.78 is 5.33. The molecule has 0 heterocycles. The van der Waals surface area contributed by atoms with Gasteiger partial charge in [0.1, 0.15) is 5.75 Å². The van der Waals surface area contributed by atoms with Crippen LogP contribution in [0, 0.1) is 0 Å². The van der Waals surface area contributed by atoms with Crippen LogP contribution in [0.5, 0.6) is 5.75 Å². The fourth-order valence-corrected chi connectivity index (χ4v) is 2.34. The van der Waals surface area contributed by atoms with E-state index in [9.17, 15) is 4.79 Å². The van der Waals surface area contributed by atoms with Crippen LogP contribution in [-0.4, -0.2) is 37.7 Å². The Morgan fingerprint density at radius 1 is 1.14 bits per heavy atom. The van der Waals surface area contributed by atoms with Crippen molar-refractivity contribution in [2.45, 2.75) is 46.0 Å². The maximum absolute atomic E-state index is 12.3. The lowest BCUT2D eigenvalue weighted by Crippen LogP contribution is -2.41. The molecule has 0 spiro atoms. The average molecular weight is 306 g/mol. The highest BCUT2D eigenvalue weighted by Gasteiger charge is 2.12. The van der Waals surface area contributed by atoms with Crippen LogP contribution in [0.1, 0.15) is 45.1 Å². The van der Waals surface area contributed by atoms with Crippen LogP contribution < -0.4 is 10.1 Å². The number of unbranched alkanes of at least 4 members (excludes halogenated alkanes) is 2. The fourth-order valence-electron chi connectivity index (χ4n) is 2.34. The molecule has 0 saturated heterocycles. The molecular formula is C18H30N2O2. The van der Waals surface area contributed by atoms with Gasteiger partial charge in [-0.15, -0.1) is 0 Å². The number of methoxy groups -OCH3 is 1. The van der Waals surface area contributed by atoms with Crippen LogP contribution in [0.2, 0.25) is 0 Å². The van der Waals surface area contributed by atoms with Gasteiger partial charge in [-0.1, -0.05) is 44.9 Å². The summed E-state index contributed by atoms with van der Waals surface area (Å²) in [5, 5.41) is 3.03. The molecule has 0 aromatic heterocycles. The van der Waals surface area contributed by atoms with Crippen LogP contribution in [0.25, 0.3) is 0 Å². The van der Waals surface area contributed by atoms with Gasteiger partial charge in [-0.25, -0.2) is 4.79 Å². The van der Waals surface area contributed by atoms with E-state index >= 15 is 0 Å². The second-order valence-corrected chi connectivity index (χ2v) is 5.49. The van der Waals surface area contributed by atoms with Crippen molar-refractivity contribution in [3.8, 4) is 5.75 Å². The predicted octanol–water partition coefficient (Wildman–Crippen LogP) is 3.85. The minimum absolute atomic E-state index is 0.0526. The van der Waals surface area contributed by atoms with Crippen molar-refractivity contribution in [3.05, 3.63) is 29.8 Å². The van der Waals surface area contributed by atoms with Gasteiger partial charge < -0.3 is 15.0 Å². The van der Waals surface area contributed by atoms with E-state index in [0.29, 0.717) is 6.54 Å². The topological polar surface area (TPSA) is 41.6 Å². The van der Waals surface area contributed by atoms with Gasteiger partial charge in [0.15, 0.2) is 0 Å². The molecule has 1 N–H and O–H groups in total. The summed E-state index contributed by atoms with van der Waals surface area (Å²) in [5.74, 6) is 0.880. The Morgan fingerprint density at radius 3 is 2.36 bits per heavy atom. The molecule has 0 unspecified atom stereocenters. The van der Waals surface area contributed by atoms with Gasteiger partial charge in [0.25, 0.3) is 0 Å². The Labute approximate surface area is 134 Å². The van der Waals surface area contributed by atoms with Crippen molar-refractivity contribution in [3.63, 3.8) is 0 Å². The predicted molar refractivity (Wildman–Crippen MR) is 91.5 cm³/mol. The largest absolute Gasteiger partial charge is 0.496 e. The number of hydrogen-bond donors (Lipinski definition) is 1. The third-order valence-electron chi connectivity index (χ3n) is 3.71. The zero-order valence-electron chi connectivity index (χ0n) is 14.2. The zero-order valence-corrected chi connectivity index (χ0v) is 14.2. The first-order valence-corrected chi connectivity index (χ1v) is 8.37. The Kier molecular flexibility index (Phi) is 9.12. The SMILES string of the molecule is CCCCN(CCCC)C(=O)NCCc1ccccc1OC. The molecule has 0 aliphatic heterocycles. The van der Waals surface area contributed by atoms with Crippen LogP contribution >= 0.6 is 0 Å². The number of ether oxygens (including phenoxy) is 1. The summed E-state index contributed by atoms with van der Waals surface area (Å²) >= 11 is 0. The first kappa shape index (κ1) is 18.3. The molecule has 0 saturated carbocycles. The Hall–Kier alpha value is -1.71. The number of amides is 2. The Morgan fingerprint density at radius 2 is 1.77 bits per heavy atom. The van der Waals surface area contributed by atoms with Crippen molar-refractivity contribution in [1.82, 2.24) is 10.2 Å². The Balaban J connectivity index is 2.44. The molecule has 0 atom stereocenters. The summed E-state index contributed by atoms with van der Waals surface area (Å²) in [6.07, 6.45) is 5.12. The number of urea groups is 1. The monoisotopic (exact) mass is 306 g/mol. The van der Waals surface area contributed by atoms with Crippen LogP contribution in [0.3, 0.4) is 0 Å². The van der Waals surface area contributed by atoms with E-state index in [1.54, 1.807) is 7.11 Å². The molecular weight excluding hydrogens is 276 g/mol. The summed E-state index contributed by atoms with van der Waals surface area (Å²) in [6, 6.07) is 7.99. The minimum atomic E-state index is 0.0526. The van der Waals surface area contributed by atoms with E-state index in [2.05, 4.69) is 19.2 Å². The number of nitrogens with zero attached hydrogens (tertiary/aromatic N) is 1. The molecule has 0 aliphatic carbocycles. The molecule has 1 aromatic carbocycles. The number of carbonyl (C=O) groups excluding carboxylic acids is 1. The van der Waals surface area contributed by atoms with Crippen molar-refractivity contribution in [2.75, 3.05) is 26.7 Å². The van der Waals surface area contributed by atoms with E-state index in [4.69, 9.17) is 4.74 Å². The molecule has 22 heavy (non-hydrogen) atoms. The van der Waals surface area contributed by atoms with Gasteiger partial charge in [-0.05, 0) is 30.9 Å². The number of para-hydroxylation sites is 1. The Bertz CT molecular complexity index is 427. The second-order valence-electron chi connectivity index (χ2n) is 5.49. The molecule has 0 radical (unpaired) electrons. The molecule has 124 valence electrons. The lowest BCUT2D eigenvalue weighted by atomic mass is 10.1. The number of benzene rings is 1. The minimum Gasteiger partial charge on any atom is -0.496 e. The van der Waals surface area contributed by atoms with E-state index < -0.39 is 0 Å². The van der Waals surface area contributed by atoms with Crippen LogP contribution in [0.15, 0.2) is 24.3 Å². The molecule has 0 fully saturated rings. The van der Waals surface area contributed by atoms with E-state index in [0.717, 1.165) is 56.5 Å². The summed E-state index contributed by atoms with van der Waals surface area (Å²) in [5.41, 5.74) is 1.12. The standard InChI is InChI=1S/C18H30N2O2/c1-4-6-14-20(15-7-5-2)18(21)19-13-12-16-10-8-9-11-17(16)22-3/h8-11H,4-7,12-15H2,1-3H3,(H,19,21). The van der Waals surface area contributed by atoms with Gasteiger partial charge in [-0.3, -0.25) is 0 Å². The highest BCUT2D eigenvalue weighted by molar-refractivity contribution is 5.74. The van der Waals surface area contributed by atoms with Gasteiger partial charge in [-0.2, -0.15) is 0 Å². The number of rotatable bonds is 10. The van der Waals surface area contributed by atoms with E-state index in [-0.39, 0.29) is 6.03 Å². The van der Waals surface area contributed by atoms with Crippen molar-refractivity contribution < 1.29 is 9.53 Å². The molecule has 4 heteroatoms. The summed E-state index contributed by atoms with van der Waals surface area (Å²) in [7, 11) is 1.68. The van der Waals surface area contributed by atoms with Crippen molar-refractivity contribution in [2.24, 2.45) is 0 Å². The zero-order chi connectivity index (χ0) is 16.2. The van der Waals surface area contributed by atoms with Gasteiger partial charge in [0.2, 0.25) is 0 Å². The van der Waals surface area contributed by atoms with Gasteiger partial charge in [0.05, 0.1) is 7.11 Å². The second kappa shape index (κ2) is 10.9. The molecule has 0 bridgehead atoms. The van der Waals surface area contributed by atoms with Crippen LogP contribution in [0.4, 0.5) is 4.79 Å². The highest BCUT2D eigenvalue weighted by atomic mass is 16.5. The maximum Gasteiger partial charge on any atom is 0.317 e. The maximum atomic E-state index is 12.3. The smallest absolute Gasteiger partial charge is 0.317 e. The first-order chi connectivity index (χ1) is 10.7. The summed E-state index contributed by atoms with van der Waals surface area (Å²) in [4.78, 5) is 14.2. The molecule has 1 aromatic rings. The molecule has 1 rings (SSSR count). The van der Waals surface area contributed by atoms with Gasteiger partial charge in [0, 0.05) is 19.6 Å². The molecule has 4 nitrogen and oxygen atoms in total. The highest BCUT2D eigenvalue weighted by Crippen LogP contribution is 2.17. The van der Waals surface area contributed by atoms with Crippen LogP contribution in [-0.2, 0) is 6.42 Å². The lowest BCUT2D eigenvalue weighted by Gasteiger charge is -2.23. The molecule has 0 aliphatic rings. The van der Waals surface area contributed by atoms with Crippen molar-refractivity contribution in [1.29, 1.82) is 0 Å². The van der Waals surface area contributed by atoms with Crippen molar-refractivity contribution >= 4 is 6.03 Å². The fraction of sp³-hybridized carbons (Fsp3) is 0.611. The quantitative estimate of drug-likeness (QED) is 0.713. The first-order valence-electron chi connectivity index (χ1n) is 8.37. The number of nitrogens with one attached hydrogen (secondary N) is 1. The third kappa shape index (κ3) is 6.37. The normalized spacial score (nSPS) is 10.3. The number of hydrogen-bond acceptors (Lipinski definition) is 2. The third-order valence-corrected chi connectivity index (χ3v) is 3.71. The average Bonchev–Trinajstić information content (AvgIpc) is 2.55. The molecule has 2 amide bonds. The summed E-state index contributed by atoms with van der Waals surface area (Å²) in [6.45, 7) is 6.62. The van der Waals surface area contributed by atoms with E-state index in [1.165, 1.54) is 0 Å². The van der Waals surface area contributed by atoms with Gasteiger partial charge >= 0.3 is 6.03 Å². The lowest BCUT2D eigenvalue weighted by molar-refractivity contribution is 0.196. The number of carbonyl (C=O) groups is 1. The van der Waals surface area contributed by atoms with E-state index in [1.807, 2.05) is 29.2 Å².